The molecule has 0 radical (unpaired) electrons. The monoisotopic (exact) mass is 317 g/mol. The highest BCUT2D eigenvalue weighted by Crippen LogP contribution is 2.25. The number of aryl methyl sites for hydroxylation is 1. The Bertz CT molecular complexity index is 943. The van der Waals surface area contributed by atoms with Crippen molar-refractivity contribution in [2.24, 2.45) is 0 Å². The predicted octanol–water partition coefficient (Wildman–Crippen LogP) is 2.94. The van der Waals surface area contributed by atoms with Gasteiger partial charge in [0.1, 0.15) is 23.0 Å². The van der Waals surface area contributed by atoms with E-state index in [4.69, 9.17) is 0 Å². The standard InChI is InChI=1S/C18H15N5O/c1-2-23-18(24)17(21-14-9-6-10-20-12-14)15(11-19)16(22-23)13-7-4-3-5-8-13/h3-10,12,21H,2H2,1H3. The Morgan fingerprint density at radius 2 is 2.00 bits per heavy atom. The van der Waals surface area contributed by atoms with Crippen LogP contribution in [0.1, 0.15) is 12.5 Å². The molecule has 3 aromatic rings. The van der Waals surface area contributed by atoms with Gasteiger partial charge in [-0.1, -0.05) is 30.3 Å². The van der Waals surface area contributed by atoms with E-state index in [-0.39, 0.29) is 16.8 Å². The number of nitrogens with zero attached hydrogens (tertiary/aromatic N) is 4. The first-order valence-corrected chi connectivity index (χ1v) is 7.52. The summed E-state index contributed by atoms with van der Waals surface area (Å²) in [5.41, 5.74) is 1.99. The summed E-state index contributed by atoms with van der Waals surface area (Å²) in [5, 5.41) is 17.0. The van der Waals surface area contributed by atoms with Crippen LogP contribution in [0.2, 0.25) is 0 Å². The molecular formula is C18H15N5O. The lowest BCUT2D eigenvalue weighted by molar-refractivity contribution is 0.620. The third kappa shape index (κ3) is 2.88. The van der Waals surface area contributed by atoms with Crippen LogP contribution in [-0.4, -0.2) is 14.8 Å². The Hall–Kier alpha value is -3.46. The molecular weight excluding hydrogens is 302 g/mol. The van der Waals surface area contributed by atoms with Crippen LogP contribution in [0.5, 0.6) is 0 Å². The molecule has 1 N–H and O–H groups in total. The van der Waals surface area contributed by atoms with Gasteiger partial charge in [0.05, 0.1) is 11.9 Å². The summed E-state index contributed by atoms with van der Waals surface area (Å²) in [5.74, 6) is 0. The molecule has 118 valence electrons. The highest BCUT2D eigenvalue weighted by Gasteiger charge is 2.18. The zero-order valence-electron chi connectivity index (χ0n) is 13.1. The van der Waals surface area contributed by atoms with Crippen molar-refractivity contribution in [1.82, 2.24) is 14.8 Å². The number of nitrogens with one attached hydrogen (secondary N) is 1. The number of hydrogen-bond acceptors (Lipinski definition) is 5. The summed E-state index contributed by atoms with van der Waals surface area (Å²) >= 11 is 0. The van der Waals surface area contributed by atoms with Crippen LogP contribution in [-0.2, 0) is 6.54 Å². The van der Waals surface area contributed by atoms with Crippen molar-refractivity contribution in [3.05, 3.63) is 70.8 Å². The zero-order valence-corrected chi connectivity index (χ0v) is 13.1. The number of nitriles is 1. The highest BCUT2D eigenvalue weighted by molar-refractivity contribution is 5.76. The van der Waals surface area contributed by atoms with Crippen molar-refractivity contribution in [3.8, 4) is 17.3 Å². The van der Waals surface area contributed by atoms with E-state index >= 15 is 0 Å². The van der Waals surface area contributed by atoms with Crippen molar-refractivity contribution in [1.29, 1.82) is 5.26 Å². The topological polar surface area (TPSA) is 83.6 Å². The molecule has 6 heteroatoms. The highest BCUT2D eigenvalue weighted by atomic mass is 16.1. The molecule has 0 unspecified atom stereocenters. The summed E-state index contributed by atoms with van der Waals surface area (Å²) in [6, 6.07) is 15.0. The fourth-order valence-electron chi connectivity index (χ4n) is 2.39. The van der Waals surface area contributed by atoms with Gasteiger partial charge in [-0.25, -0.2) is 4.68 Å². The third-order valence-corrected chi connectivity index (χ3v) is 3.55. The molecule has 1 aromatic carbocycles. The first kappa shape index (κ1) is 15.4. The number of aromatic nitrogens is 3. The summed E-state index contributed by atoms with van der Waals surface area (Å²) in [4.78, 5) is 16.7. The van der Waals surface area contributed by atoms with Crippen LogP contribution in [0.15, 0.2) is 59.7 Å². The molecule has 0 fully saturated rings. The molecule has 3 rings (SSSR count). The van der Waals surface area contributed by atoms with E-state index in [2.05, 4.69) is 21.5 Å². The zero-order chi connectivity index (χ0) is 16.9. The van der Waals surface area contributed by atoms with Crippen LogP contribution >= 0.6 is 0 Å². The van der Waals surface area contributed by atoms with E-state index in [1.807, 2.05) is 37.3 Å². The van der Waals surface area contributed by atoms with Crippen molar-refractivity contribution in [2.75, 3.05) is 5.32 Å². The smallest absolute Gasteiger partial charge is 0.291 e. The van der Waals surface area contributed by atoms with Crippen LogP contribution in [0, 0.1) is 11.3 Å². The summed E-state index contributed by atoms with van der Waals surface area (Å²) in [6.07, 6.45) is 3.24. The van der Waals surface area contributed by atoms with Crippen LogP contribution in [0.4, 0.5) is 11.4 Å². The van der Waals surface area contributed by atoms with Gasteiger partial charge in [0.2, 0.25) is 0 Å². The van der Waals surface area contributed by atoms with Crippen molar-refractivity contribution < 1.29 is 0 Å². The first-order chi connectivity index (χ1) is 11.7. The molecule has 6 nitrogen and oxygen atoms in total. The first-order valence-electron chi connectivity index (χ1n) is 7.52. The lowest BCUT2D eigenvalue weighted by Crippen LogP contribution is -2.26. The molecule has 0 saturated carbocycles. The normalized spacial score (nSPS) is 10.2. The van der Waals surface area contributed by atoms with Crippen LogP contribution in [0.3, 0.4) is 0 Å². The third-order valence-electron chi connectivity index (χ3n) is 3.55. The van der Waals surface area contributed by atoms with Gasteiger partial charge in [-0.3, -0.25) is 9.78 Å². The molecule has 0 aliphatic rings. The van der Waals surface area contributed by atoms with E-state index < -0.39 is 0 Å². The average Bonchev–Trinajstić information content (AvgIpc) is 2.64. The maximum absolute atomic E-state index is 12.6. The van der Waals surface area contributed by atoms with Crippen LogP contribution in [0.25, 0.3) is 11.3 Å². The molecule has 24 heavy (non-hydrogen) atoms. The van der Waals surface area contributed by atoms with E-state index in [1.54, 1.807) is 24.5 Å². The van der Waals surface area contributed by atoms with Gasteiger partial charge in [-0.15, -0.1) is 0 Å². The van der Waals surface area contributed by atoms with Gasteiger partial charge in [0.15, 0.2) is 0 Å². The Morgan fingerprint density at radius 1 is 1.21 bits per heavy atom. The fraction of sp³-hybridized carbons (Fsp3) is 0.111. The number of anilines is 2. The Kier molecular flexibility index (Phi) is 4.34. The van der Waals surface area contributed by atoms with Crippen molar-refractivity contribution >= 4 is 11.4 Å². The molecule has 0 amide bonds. The Morgan fingerprint density at radius 3 is 2.62 bits per heavy atom. The minimum atomic E-state index is -0.336. The largest absolute Gasteiger partial charge is 0.349 e. The summed E-state index contributed by atoms with van der Waals surface area (Å²) < 4.78 is 1.35. The summed E-state index contributed by atoms with van der Waals surface area (Å²) in [7, 11) is 0. The van der Waals surface area contributed by atoms with E-state index in [0.717, 1.165) is 5.56 Å². The SMILES string of the molecule is CCn1nc(-c2ccccc2)c(C#N)c(Nc2cccnc2)c1=O. The van der Waals surface area contributed by atoms with Gasteiger partial charge in [0, 0.05) is 18.3 Å². The van der Waals surface area contributed by atoms with Crippen molar-refractivity contribution in [2.45, 2.75) is 13.5 Å². The molecule has 2 heterocycles. The number of rotatable bonds is 4. The molecule has 0 atom stereocenters. The lowest BCUT2D eigenvalue weighted by atomic mass is 10.1. The van der Waals surface area contributed by atoms with E-state index in [9.17, 15) is 10.1 Å². The minimum absolute atomic E-state index is 0.209. The maximum atomic E-state index is 12.6. The van der Waals surface area contributed by atoms with Gasteiger partial charge in [-0.2, -0.15) is 10.4 Å². The molecule has 0 bridgehead atoms. The number of pyridine rings is 1. The number of hydrogen-bond donors (Lipinski definition) is 1. The number of benzene rings is 1. The molecule has 0 aliphatic heterocycles. The van der Waals surface area contributed by atoms with E-state index in [0.29, 0.717) is 17.9 Å². The fourth-order valence-corrected chi connectivity index (χ4v) is 2.39. The summed E-state index contributed by atoms with van der Waals surface area (Å²) in [6.45, 7) is 2.25. The van der Waals surface area contributed by atoms with Gasteiger partial charge >= 0.3 is 0 Å². The Labute approximate surface area is 139 Å². The molecule has 0 aliphatic carbocycles. The van der Waals surface area contributed by atoms with Gasteiger partial charge in [0.25, 0.3) is 5.56 Å². The lowest BCUT2D eigenvalue weighted by Gasteiger charge is -2.13. The van der Waals surface area contributed by atoms with Crippen LogP contribution < -0.4 is 10.9 Å². The Balaban J connectivity index is 2.24. The van der Waals surface area contributed by atoms with Gasteiger partial charge < -0.3 is 5.32 Å². The average molecular weight is 317 g/mol. The van der Waals surface area contributed by atoms with Gasteiger partial charge in [-0.05, 0) is 19.1 Å². The predicted molar refractivity (Wildman–Crippen MR) is 91.8 cm³/mol. The quantitative estimate of drug-likeness (QED) is 0.800. The second-order valence-electron chi connectivity index (χ2n) is 5.06. The molecule has 0 saturated heterocycles. The second kappa shape index (κ2) is 6.75. The maximum Gasteiger partial charge on any atom is 0.291 e. The molecule has 2 aromatic heterocycles. The van der Waals surface area contributed by atoms with E-state index in [1.165, 1.54) is 4.68 Å². The second-order valence-corrected chi connectivity index (χ2v) is 5.06. The van der Waals surface area contributed by atoms with Crippen molar-refractivity contribution in [3.63, 3.8) is 0 Å². The molecule has 0 spiro atoms. The minimum Gasteiger partial charge on any atom is -0.349 e.